The van der Waals surface area contributed by atoms with Gasteiger partial charge in [0, 0.05) is 19.7 Å². The molecule has 1 aliphatic heterocycles. The number of amidine groups is 1. The van der Waals surface area contributed by atoms with Crippen molar-refractivity contribution in [1.29, 1.82) is 0 Å². The highest BCUT2D eigenvalue weighted by Crippen LogP contribution is 2.22. The molecule has 19 heavy (non-hydrogen) atoms. The number of nitrogens with zero attached hydrogens (tertiary/aromatic N) is 1. The SMILES string of the molecule is CCO[C@@H](C1=NCCCN1)c1ccc(C(C)C)cc1. The second-order valence-electron chi connectivity index (χ2n) is 5.20. The molecule has 1 aromatic carbocycles. The average molecular weight is 260 g/mol. The Morgan fingerprint density at radius 3 is 2.42 bits per heavy atom. The Balaban J connectivity index is 2.20. The van der Waals surface area contributed by atoms with E-state index in [9.17, 15) is 0 Å². The summed E-state index contributed by atoms with van der Waals surface area (Å²) in [6.07, 6.45) is 1.06. The van der Waals surface area contributed by atoms with Crippen LogP contribution in [0.15, 0.2) is 29.3 Å². The molecular weight excluding hydrogens is 236 g/mol. The lowest BCUT2D eigenvalue weighted by atomic mass is 9.99. The first-order valence-corrected chi connectivity index (χ1v) is 7.22. The molecule has 1 aliphatic rings. The van der Waals surface area contributed by atoms with Crippen molar-refractivity contribution < 1.29 is 4.74 Å². The summed E-state index contributed by atoms with van der Waals surface area (Å²) in [7, 11) is 0. The summed E-state index contributed by atoms with van der Waals surface area (Å²) in [6.45, 7) is 9.03. The van der Waals surface area contributed by atoms with Crippen molar-refractivity contribution in [2.45, 2.75) is 39.2 Å². The zero-order valence-electron chi connectivity index (χ0n) is 12.1. The number of ether oxygens (including phenoxy) is 1. The van der Waals surface area contributed by atoms with Crippen LogP contribution >= 0.6 is 0 Å². The molecule has 0 saturated carbocycles. The number of hydrogen-bond acceptors (Lipinski definition) is 3. The number of benzene rings is 1. The number of aliphatic imine (C=N–C) groups is 1. The third-order valence-electron chi connectivity index (χ3n) is 3.41. The van der Waals surface area contributed by atoms with E-state index in [0.717, 1.165) is 25.3 Å². The lowest BCUT2D eigenvalue weighted by Crippen LogP contribution is -2.35. The Morgan fingerprint density at radius 2 is 1.89 bits per heavy atom. The second-order valence-corrected chi connectivity index (χ2v) is 5.20. The van der Waals surface area contributed by atoms with Gasteiger partial charge in [-0.15, -0.1) is 0 Å². The van der Waals surface area contributed by atoms with Crippen molar-refractivity contribution in [3.63, 3.8) is 0 Å². The first-order chi connectivity index (χ1) is 9.22. The minimum atomic E-state index is -0.0495. The van der Waals surface area contributed by atoms with Crippen molar-refractivity contribution in [1.82, 2.24) is 5.32 Å². The van der Waals surface area contributed by atoms with Crippen LogP contribution in [0.2, 0.25) is 0 Å². The van der Waals surface area contributed by atoms with Gasteiger partial charge < -0.3 is 10.1 Å². The summed E-state index contributed by atoms with van der Waals surface area (Å²) in [5, 5.41) is 3.36. The highest BCUT2D eigenvalue weighted by Gasteiger charge is 2.20. The van der Waals surface area contributed by atoms with Crippen LogP contribution in [0.4, 0.5) is 0 Å². The molecule has 0 saturated heterocycles. The monoisotopic (exact) mass is 260 g/mol. The Labute approximate surface area is 116 Å². The fourth-order valence-electron chi connectivity index (χ4n) is 2.28. The molecule has 1 atom stereocenters. The molecule has 0 radical (unpaired) electrons. The van der Waals surface area contributed by atoms with Crippen LogP contribution in [0.25, 0.3) is 0 Å². The van der Waals surface area contributed by atoms with Crippen LogP contribution in [-0.4, -0.2) is 25.5 Å². The summed E-state index contributed by atoms with van der Waals surface area (Å²) >= 11 is 0. The molecule has 1 heterocycles. The number of rotatable bonds is 5. The molecule has 1 N–H and O–H groups in total. The zero-order valence-corrected chi connectivity index (χ0v) is 12.1. The van der Waals surface area contributed by atoms with E-state index in [1.165, 1.54) is 11.1 Å². The van der Waals surface area contributed by atoms with Gasteiger partial charge in [-0.3, -0.25) is 4.99 Å². The fraction of sp³-hybridized carbons (Fsp3) is 0.562. The van der Waals surface area contributed by atoms with E-state index in [0.29, 0.717) is 12.5 Å². The summed E-state index contributed by atoms with van der Waals surface area (Å²) in [5.41, 5.74) is 2.54. The van der Waals surface area contributed by atoms with Gasteiger partial charge in [0.25, 0.3) is 0 Å². The number of hydrogen-bond donors (Lipinski definition) is 1. The molecule has 0 aromatic heterocycles. The lowest BCUT2D eigenvalue weighted by Gasteiger charge is -2.24. The van der Waals surface area contributed by atoms with Gasteiger partial charge in [0.05, 0.1) is 0 Å². The Kier molecular flexibility index (Phi) is 4.97. The topological polar surface area (TPSA) is 33.6 Å². The minimum absolute atomic E-state index is 0.0495. The van der Waals surface area contributed by atoms with Crippen LogP contribution in [0.3, 0.4) is 0 Å². The van der Waals surface area contributed by atoms with Crippen LogP contribution in [0, 0.1) is 0 Å². The van der Waals surface area contributed by atoms with Crippen LogP contribution < -0.4 is 5.32 Å². The fourth-order valence-corrected chi connectivity index (χ4v) is 2.28. The van der Waals surface area contributed by atoms with Gasteiger partial charge in [-0.1, -0.05) is 38.1 Å². The predicted octanol–water partition coefficient (Wildman–Crippen LogP) is 3.28. The van der Waals surface area contributed by atoms with Gasteiger partial charge in [0.15, 0.2) is 0 Å². The zero-order chi connectivity index (χ0) is 13.7. The third kappa shape index (κ3) is 3.57. The minimum Gasteiger partial charge on any atom is -0.371 e. The van der Waals surface area contributed by atoms with E-state index in [2.05, 4.69) is 48.4 Å². The molecule has 1 aromatic rings. The maximum atomic E-state index is 5.87. The van der Waals surface area contributed by atoms with Gasteiger partial charge in [-0.05, 0) is 30.4 Å². The van der Waals surface area contributed by atoms with Crippen LogP contribution in [0.5, 0.6) is 0 Å². The van der Waals surface area contributed by atoms with E-state index in [1.807, 2.05) is 6.92 Å². The average Bonchev–Trinajstić information content (AvgIpc) is 2.46. The molecule has 3 nitrogen and oxygen atoms in total. The van der Waals surface area contributed by atoms with E-state index in [-0.39, 0.29) is 6.10 Å². The summed E-state index contributed by atoms with van der Waals surface area (Å²) in [6, 6.07) is 8.70. The summed E-state index contributed by atoms with van der Waals surface area (Å²) in [5.74, 6) is 1.54. The van der Waals surface area contributed by atoms with Crippen molar-refractivity contribution in [3.05, 3.63) is 35.4 Å². The second kappa shape index (κ2) is 6.71. The lowest BCUT2D eigenvalue weighted by molar-refractivity contribution is 0.107. The molecule has 0 spiro atoms. The van der Waals surface area contributed by atoms with Crippen molar-refractivity contribution in [2.75, 3.05) is 19.7 Å². The molecule has 0 unspecified atom stereocenters. The van der Waals surface area contributed by atoms with Crippen molar-refractivity contribution in [2.24, 2.45) is 4.99 Å². The molecule has 3 heteroatoms. The van der Waals surface area contributed by atoms with Crippen molar-refractivity contribution in [3.8, 4) is 0 Å². The molecule has 0 fully saturated rings. The van der Waals surface area contributed by atoms with Gasteiger partial charge >= 0.3 is 0 Å². The van der Waals surface area contributed by atoms with Crippen LogP contribution in [-0.2, 0) is 4.74 Å². The Morgan fingerprint density at radius 1 is 1.21 bits per heavy atom. The van der Waals surface area contributed by atoms with E-state index >= 15 is 0 Å². The quantitative estimate of drug-likeness (QED) is 0.881. The smallest absolute Gasteiger partial charge is 0.139 e. The van der Waals surface area contributed by atoms with E-state index in [1.54, 1.807) is 0 Å². The third-order valence-corrected chi connectivity index (χ3v) is 3.41. The maximum absolute atomic E-state index is 5.87. The highest BCUT2D eigenvalue weighted by molar-refractivity contribution is 5.88. The highest BCUT2D eigenvalue weighted by atomic mass is 16.5. The largest absolute Gasteiger partial charge is 0.371 e. The molecule has 0 amide bonds. The normalized spacial score (nSPS) is 16.9. The first kappa shape index (κ1) is 14.1. The molecule has 2 rings (SSSR count). The van der Waals surface area contributed by atoms with Gasteiger partial charge in [-0.2, -0.15) is 0 Å². The first-order valence-electron chi connectivity index (χ1n) is 7.22. The molecular formula is C16H24N2O. The Hall–Kier alpha value is -1.35. The standard InChI is InChI=1S/C16H24N2O/c1-4-19-15(16-17-10-5-11-18-16)14-8-6-13(7-9-14)12(2)3/h6-9,12,15H,4-5,10-11H2,1-3H3,(H,17,18)/t15-/m1/s1. The van der Waals surface area contributed by atoms with E-state index in [4.69, 9.17) is 4.74 Å². The number of nitrogens with one attached hydrogen (secondary N) is 1. The van der Waals surface area contributed by atoms with Gasteiger partial charge in [0.1, 0.15) is 11.9 Å². The Bertz CT molecular complexity index is 423. The summed E-state index contributed by atoms with van der Waals surface area (Å²) in [4.78, 5) is 4.56. The van der Waals surface area contributed by atoms with Crippen LogP contribution in [0.1, 0.15) is 50.3 Å². The van der Waals surface area contributed by atoms with E-state index < -0.39 is 0 Å². The van der Waals surface area contributed by atoms with Gasteiger partial charge in [-0.25, -0.2) is 0 Å². The van der Waals surface area contributed by atoms with Crippen molar-refractivity contribution >= 4 is 5.84 Å². The van der Waals surface area contributed by atoms with Gasteiger partial charge in [0.2, 0.25) is 0 Å². The molecule has 104 valence electrons. The molecule has 0 bridgehead atoms. The summed E-state index contributed by atoms with van der Waals surface area (Å²) < 4.78 is 5.87. The maximum Gasteiger partial charge on any atom is 0.139 e. The molecule has 0 aliphatic carbocycles. The predicted molar refractivity (Wildman–Crippen MR) is 79.8 cm³/mol.